The van der Waals surface area contributed by atoms with Crippen LogP contribution in [0.1, 0.15) is 23.7 Å². The van der Waals surface area contributed by atoms with E-state index in [1.807, 2.05) is 22.9 Å². The van der Waals surface area contributed by atoms with Gasteiger partial charge in [0, 0.05) is 29.4 Å². The van der Waals surface area contributed by atoms with Crippen molar-refractivity contribution in [1.29, 1.82) is 0 Å². The molecular weight excluding hydrogens is 362 g/mol. The molecule has 26 heavy (non-hydrogen) atoms. The van der Waals surface area contributed by atoms with Crippen LogP contribution in [-0.2, 0) is 24.3 Å². The number of thiophene rings is 1. The Morgan fingerprint density at radius 3 is 2.85 bits per heavy atom. The molecule has 136 valence electrons. The first-order valence-electron chi connectivity index (χ1n) is 8.64. The van der Waals surface area contributed by atoms with Crippen molar-refractivity contribution in [3.8, 4) is 10.6 Å². The fourth-order valence-electron chi connectivity index (χ4n) is 2.60. The summed E-state index contributed by atoms with van der Waals surface area (Å²) >= 11 is 3.24. The fraction of sp³-hybridized carbons (Fsp3) is 0.300. The van der Waals surface area contributed by atoms with Crippen LogP contribution in [0.2, 0.25) is 0 Å². The zero-order valence-corrected chi connectivity index (χ0v) is 16.7. The molecule has 0 saturated carbocycles. The van der Waals surface area contributed by atoms with Crippen LogP contribution in [0.5, 0.6) is 0 Å². The van der Waals surface area contributed by atoms with Gasteiger partial charge in [0.1, 0.15) is 5.01 Å². The first-order valence-corrected chi connectivity index (χ1v) is 10.5. The number of benzene rings is 1. The van der Waals surface area contributed by atoms with E-state index in [1.165, 1.54) is 5.56 Å². The van der Waals surface area contributed by atoms with Gasteiger partial charge in [0.15, 0.2) is 0 Å². The number of thiazole rings is 1. The smallest absolute Gasteiger partial charge is 0.226 e. The van der Waals surface area contributed by atoms with Gasteiger partial charge in [0.2, 0.25) is 5.91 Å². The normalized spacial score (nSPS) is 11.0. The molecule has 0 aliphatic carbocycles. The van der Waals surface area contributed by atoms with Crippen LogP contribution in [0.15, 0.2) is 46.5 Å². The van der Waals surface area contributed by atoms with E-state index in [-0.39, 0.29) is 5.91 Å². The molecule has 0 saturated heterocycles. The van der Waals surface area contributed by atoms with Crippen molar-refractivity contribution in [3.05, 3.63) is 63.3 Å². The molecule has 1 amide bonds. The Kier molecular flexibility index (Phi) is 6.55. The third-order valence-electron chi connectivity index (χ3n) is 4.13. The minimum Gasteiger partial charge on any atom is -0.352 e. The summed E-state index contributed by atoms with van der Waals surface area (Å²) in [6.07, 6.45) is 0.318. The van der Waals surface area contributed by atoms with E-state index in [1.54, 1.807) is 22.7 Å². The molecule has 0 aliphatic rings. The highest BCUT2D eigenvalue weighted by atomic mass is 32.1. The molecule has 3 aromatic rings. The molecule has 0 bridgehead atoms. The van der Waals surface area contributed by atoms with E-state index in [4.69, 9.17) is 0 Å². The third kappa shape index (κ3) is 5.24. The summed E-state index contributed by atoms with van der Waals surface area (Å²) in [6, 6.07) is 10.4. The number of hydrogen-bond acceptors (Lipinski definition) is 5. The number of nitrogens with one attached hydrogen (secondary N) is 1. The highest BCUT2D eigenvalue weighted by Crippen LogP contribution is 2.25. The van der Waals surface area contributed by atoms with E-state index >= 15 is 0 Å². The number of carbonyl (C=O) groups excluding carboxylic acids is 1. The molecule has 0 spiro atoms. The summed E-state index contributed by atoms with van der Waals surface area (Å²) in [4.78, 5) is 19.1. The maximum absolute atomic E-state index is 12.2. The molecule has 0 aliphatic heterocycles. The highest BCUT2D eigenvalue weighted by Gasteiger charge is 2.09. The quantitative estimate of drug-likeness (QED) is 0.633. The van der Waals surface area contributed by atoms with Crippen molar-refractivity contribution in [2.24, 2.45) is 0 Å². The lowest BCUT2D eigenvalue weighted by molar-refractivity contribution is -0.120. The zero-order chi connectivity index (χ0) is 18.4. The molecule has 2 heterocycles. The van der Waals surface area contributed by atoms with Gasteiger partial charge in [0.25, 0.3) is 0 Å². The van der Waals surface area contributed by atoms with Crippen molar-refractivity contribution >= 4 is 28.6 Å². The molecule has 3 rings (SSSR count). The molecule has 0 atom stereocenters. The van der Waals surface area contributed by atoms with Gasteiger partial charge in [-0.3, -0.25) is 4.79 Å². The van der Waals surface area contributed by atoms with Crippen LogP contribution >= 0.6 is 22.7 Å². The minimum atomic E-state index is 0.00301. The summed E-state index contributed by atoms with van der Waals surface area (Å²) in [5, 5.41) is 10.1. The Morgan fingerprint density at radius 1 is 1.23 bits per heavy atom. The van der Waals surface area contributed by atoms with Gasteiger partial charge in [-0.2, -0.15) is 11.3 Å². The van der Waals surface area contributed by atoms with Gasteiger partial charge in [-0.25, -0.2) is 4.98 Å². The van der Waals surface area contributed by atoms with Crippen LogP contribution in [0.3, 0.4) is 0 Å². The van der Waals surface area contributed by atoms with Gasteiger partial charge in [-0.05, 0) is 36.2 Å². The molecule has 1 N–H and O–H groups in total. The summed E-state index contributed by atoms with van der Waals surface area (Å²) in [5.74, 6) is 0.00301. The van der Waals surface area contributed by atoms with Crippen molar-refractivity contribution in [2.45, 2.75) is 26.4 Å². The second-order valence-electron chi connectivity index (χ2n) is 6.26. The Bertz CT molecular complexity index is 842. The van der Waals surface area contributed by atoms with E-state index in [2.05, 4.69) is 52.8 Å². The number of aromatic nitrogens is 1. The van der Waals surface area contributed by atoms with Crippen molar-refractivity contribution in [3.63, 3.8) is 0 Å². The fourth-order valence-corrected chi connectivity index (χ4v) is 4.13. The summed E-state index contributed by atoms with van der Waals surface area (Å²) < 4.78 is 0. The lowest BCUT2D eigenvalue weighted by atomic mass is 10.1. The second-order valence-corrected chi connectivity index (χ2v) is 7.90. The number of rotatable bonds is 8. The van der Waals surface area contributed by atoms with Crippen LogP contribution in [0, 0.1) is 0 Å². The molecule has 0 unspecified atom stereocenters. The second kappa shape index (κ2) is 9.07. The third-order valence-corrected chi connectivity index (χ3v) is 5.76. The Hall–Kier alpha value is -2.02. The van der Waals surface area contributed by atoms with E-state index < -0.39 is 0 Å². The first kappa shape index (κ1) is 18.8. The van der Waals surface area contributed by atoms with Gasteiger partial charge in [0.05, 0.1) is 12.1 Å². The van der Waals surface area contributed by atoms with Gasteiger partial charge in [-0.1, -0.05) is 31.2 Å². The maximum atomic E-state index is 12.2. The van der Waals surface area contributed by atoms with E-state index in [0.29, 0.717) is 13.0 Å². The maximum Gasteiger partial charge on any atom is 0.226 e. The molecule has 2 aromatic heterocycles. The van der Waals surface area contributed by atoms with Crippen LogP contribution in [-0.4, -0.2) is 29.4 Å². The number of carbonyl (C=O) groups is 1. The Labute approximate surface area is 162 Å². The molecular formula is C20H23N3OS2. The SMILES string of the molecule is CCN(C)Cc1cccc(CNC(=O)Cc2csc(-c3ccsc3)n2)c1. The molecule has 6 heteroatoms. The number of amides is 1. The predicted octanol–water partition coefficient (Wildman–Crippen LogP) is 4.18. The first-order chi connectivity index (χ1) is 12.6. The summed E-state index contributed by atoms with van der Waals surface area (Å²) in [7, 11) is 2.10. The van der Waals surface area contributed by atoms with Gasteiger partial charge >= 0.3 is 0 Å². The standard InChI is InChI=1S/C20H23N3OS2/c1-3-23(2)12-16-6-4-5-15(9-16)11-21-19(24)10-18-14-26-20(22-18)17-7-8-25-13-17/h4-9,13-14H,3,10-12H2,1-2H3,(H,21,24). The Balaban J connectivity index is 1.52. The highest BCUT2D eigenvalue weighted by molar-refractivity contribution is 7.14. The van der Waals surface area contributed by atoms with E-state index in [0.717, 1.165) is 34.9 Å². The van der Waals surface area contributed by atoms with Crippen LogP contribution in [0.25, 0.3) is 10.6 Å². The number of hydrogen-bond donors (Lipinski definition) is 1. The van der Waals surface area contributed by atoms with Crippen LogP contribution in [0.4, 0.5) is 0 Å². The minimum absolute atomic E-state index is 0.00301. The summed E-state index contributed by atoms with van der Waals surface area (Å²) in [5.41, 5.74) is 4.34. The van der Waals surface area contributed by atoms with Crippen LogP contribution < -0.4 is 5.32 Å². The Morgan fingerprint density at radius 2 is 2.08 bits per heavy atom. The molecule has 0 fully saturated rings. The monoisotopic (exact) mass is 385 g/mol. The number of nitrogens with zero attached hydrogens (tertiary/aromatic N) is 2. The zero-order valence-electron chi connectivity index (χ0n) is 15.1. The van der Waals surface area contributed by atoms with E-state index in [9.17, 15) is 4.79 Å². The summed E-state index contributed by atoms with van der Waals surface area (Å²) in [6.45, 7) is 4.63. The topological polar surface area (TPSA) is 45.2 Å². The van der Waals surface area contributed by atoms with Crippen molar-refractivity contribution in [2.75, 3.05) is 13.6 Å². The average Bonchev–Trinajstić information content (AvgIpc) is 3.31. The molecule has 0 radical (unpaired) electrons. The van der Waals surface area contributed by atoms with Gasteiger partial charge in [-0.15, -0.1) is 11.3 Å². The van der Waals surface area contributed by atoms with Crippen molar-refractivity contribution in [1.82, 2.24) is 15.2 Å². The predicted molar refractivity (Wildman–Crippen MR) is 109 cm³/mol. The van der Waals surface area contributed by atoms with Crippen molar-refractivity contribution < 1.29 is 4.79 Å². The lowest BCUT2D eigenvalue weighted by Gasteiger charge is -2.14. The molecule has 4 nitrogen and oxygen atoms in total. The lowest BCUT2D eigenvalue weighted by Crippen LogP contribution is -2.24. The largest absolute Gasteiger partial charge is 0.352 e. The molecule has 1 aromatic carbocycles. The average molecular weight is 386 g/mol. The van der Waals surface area contributed by atoms with Gasteiger partial charge < -0.3 is 10.2 Å².